The van der Waals surface area contributed by atoms with Crippen LogP contribution >= 0.6 is 11.8 Å². The van der Waals surface area contributed by atoms with Crippen LogP contribution in [0.1, 0.15) is 26.0 Å². The molecule has 0 aliphatic carbocycles. The predicted octanol–water partition coefficient (Wildman–Crippen LogP) is 2.32. The molecule has 1 aromatic rings. The molecule has 0 amide bonds. The molecule has 0 saturated carbocycles. The molecule has 0 aromatic carbocycles. The highest BCUT2D eigenvalue weighted by Crippen LogP contribution is 2.19. The minimum absolute atomic E-state index is 0.181. The summed E-state index contributed by atoms with van der Waals surface area (Å²) in [5.74, 6) is -0.186. The third-order valence-electron chi connectivity index (χ3n) is 1.74. The second-order valence-electron chi connectivity index (χ2n) is 2.74. The summed E-state index contributed by atoms with van der Waals surface area (Å²) in [7, 11) is 1.92. The maximum absolute atomic E-state index is 10.2. The Labute approximate surface area is 94.7 Å². The van der Waals surface area contributed by atoms with Gasteiger partial charge in [0.05, 0.1) is 12.7 Å². The molecule has 0 aliphatic rings. The molecule has 86 valence electrons. The van der Waals surface area contributed by atoms with Gasteiger partial charge in [0.25, 0.3) is 0 Å². The standard InChI is InChI=1S/C8H12N2O2S.C2H6/c1-6-8(9-5-10(6)2)13-4-3-7(11)12;1-2/h5H,3-4H2,1-2H3,(H,11,12);1-2H3. The fraction of sp³-hybridized carbons (Fsp3) is 0.600. The number of carbonyl (C=O) groups is 1. The highest BCUT2D eigenvalue weighted by molar-refractivity contribution is 7.99. The van der Waals surface area contributed by atoms with Gasteiger partial charge < -0.3 is 9.67 Å². The van der Waals surface area contributed by atoms with Crippen molar-refractivity contribution >= 4 is 17.7 Å². The van der Waals surface area contributed by atoms with Gasteiger partial charge in [0.2, 0.25) is 0 Å². The highest BCUT2D eigenvalue weighted by atomic mass is 32.2. The largest absolute Gasteiger partial charge is 0.481 e. The van der Waals surface area contributed by atoms with Crippen LogP contribution in [0.4, 0.5) is 0 Å². The van der Waals surface area contributed by atoms with Crippen LogP contribution in [0, 0.1) is 6.92 Å². The van der Waals surface area contributed by atoms with E-state index in [1.165, 1.54) is 11.8 Å². The molecule has 0 saturated heterocycles. The van der Waals surface area contributed by atoms with Crippen molar-refractivity contribution in [2.45, 2.75) is 32.2 Å². The lowest BCUT2D eigenvalue weighted by molar-refractivity contribution is -0.136. The summed E-state index contributed by atoms with van der Waals surface area (Å²) in [4.78, 5) is 14.4. The molecule has 1 N–H and O–H groups in total. The Morgan fingerprint density at radius 3 is 2.60 bits per heavy atom. The molecule has 4 nitrogen and oxygen atoms in total. The quantitative estimate of drug-likeness (QED) is 0.806. The van der Waals surface area contributed by atoms with Gasteiger partial charge in [-0.15, -0.1) is 11.8 Å². The van der Waals surface area contributed by atoms with Gasteiger partial charge in [-0.05, 0) is 6.92 Å². The van der Waals surface area contributed by atoms with Crippen molar-refractivity contribution in [1.82, 2.24) is 9.55 Å². The summed E-state index contributed by atoms with van der Waals surface area (Å²) in [5.41, 5.74) is 1.08. The highest BCUT2D eigenvalue weighted by Gasteiger charge is 2.05. The van der Waals surface area contributed by atoms with Crippen LogP contribution in [-0.4, -0.2) is 26.4 Å². The number of nitrogens with zero attached hydrogens (tertiary/aromatic N) is 2. The van der Waals surface area contributed by atoms with E-state index in [2.05, 4.69) is 4.98 Å². The molecular weight excluding hydrogens is 212 g/mol. The number of aliphatic carboxylic acids is 1. The molecule has 0 aliphatic heterocycles. The number of aromatic nitrogens is 2. The summed E-state index contributed by atoms with van der Waals surface area (Å²) in [6.45, 7) is 5.97. The van der Waals surface area contributed by atoms with Crippen LogP contribution < -0.4 is 0 Å². The zero-order valence-electron chi connectivity index (χ0n) is 9.65. The van der Waals surface area contributed by atoms with Crippen molar-refractivity contribution < 1.29 is 9.90 Å². The summed E-state index contributed by atoms with van der Waals surface area (Å²) in [5, 5.41) is 9.35. The molecule has 1 heterocycles. The van der Waals surface area contributed by atoms with Gasteiger partial charge in [-0.25, -0.2) is 4.98 Å². The molecule has 1 rings (SSSR count). The molecule has 5 heteroatoms. The monoisotopic (exact) mass is 230 g/mol. The molecule has 0 spiro atoms. The molecule has 1 aromatic heterocycles. The number of carboxylic acid groups (broad SMARTS) is 1. The van der Waals surface area contributed by atoms with Crippen LogP contribution in [0.2, 0.25) is 0 Å². The van der Waals surface area contributed by atoms with Crippen LogP contribution in [0.5, 0.6) is 0 Å². The number of rotatable bonds is 4. The van der Waals surface area contributed by atoms with E-state index in [4.69, 9.17) is 5.11 Å². The van der Waals surface area contributed by atoms with Crippen molar-refractivity contribution in [2.24, 2.45) is 7.05 Å². The lowest BCUT2D eigenvalue weighted by atomic mass is 10.5. The van der Waals surface area contributed by atoms with Gasteiger partial charge in [0.15, 0.2) is 0 Å². The first-order valence-corrected chi connectivity index (χ1v) is 5.92. The molecule has 0 bridgehead atoms. The molecule has 0 atom stereocenters. The van der Waals surface area contributed by atoms with Crippen molar-refractivity contribution in [3.63, 3.8) is 0 Å². The summed E-state index contributed by atoms with van der Waals surface area (Å²) >= 11 is 1.48. The van der Waals surface area contributed by atoms with Crippen molar-refractivity contribution in [1.29, 1.82) is 0 Å². The zero-order valence-corrected chi connectivity index (χ0v) is 10.5. The average molecular weight is 230 g/mol. The van der Waals surface area contributed by atoms with E-state index in [0.29, 0.717) is 5.75 Å². The molecule has 0 radical (unpaired) electrons. The third kappa shape index (κ3) is 4.88. The van der Waals surface area contributed by atoms with Crippen molar-refractivity contribution in [3.05, 3.63) is 12.0 Å². The maximum Gasteiger partial charge on any atom is 0.304 e. The van der Waals surface area contributed by atoms with Crippen LogP contribution in [0.25, 0.3) is 0 Å². The summed E-state index contributed by atoms with van der Waals surface area (Å²) in [6.07, 6.45) is 1.92. The average Bonchev–Trinajstić information content (AvgIpc) is 2.52. The van der Waals surface area contributed by atoms with Gasteiger partial charge in [-0.3, -0.25) is 4.79 Å². The number of thioether (sulfide) groups is 1. The maximum atomic E-state index is 10.2. The number of aryl methyl sites for hydroxylation is 1. The summed E-state index contributed by atoms with van der Waals surface area (Å²) < 4.78 is 1.92. The fourth-order valence-corrected chi connectivity index (χ4v) is 1.79. The fourth-order valence-electron chi connectivity index (χ4n) is 0.847. The van der Waals surface area contributed by atoms with E-state index in [1.54, 1.807) is 6.33 Å². The van der Waals surface area contributed by atoms with Crippen molar-refractivity contribution in [2.75, 3.05) is 5.75 Å². The third-order valence-corrected chi connectivity index (χ3v) is 2.82. The minimum atomic E-state index is -0.763. The second-order valence-corrected chi connectivity index (χ2v) is 3.82. The van der Waals surface area contributed by atoms with E-state index < -0.39 is 5.97 Å². The normalized spacial score (nSPS) is 9.33. The summed E-state index contributed by atoms with van der Waals surface area (Å²) in [6, 6.07) is 0. The van der Waals surface area contributed by atoms with Gasteiger partial charge in [-0.2, -0.15) is 0 Å². The Balaban J connectivity index is 0.000000921. The number of imidazole rings is 1. The molecule has 0 fully saturated rings. The van der Waals surface area contributed by atoms with Gasteiger partial charge in [-0.1, -0.05) is 13.8 Å². The van der Waals surface area contributed by atoms with E-state index in [1.807, 2.05) is 32.4 Å². The lowest BCUT2D eigenvalue weighted by Crippen LogP contribution is -1.96. The Kier molecular flexibility index (Phi) is 6.86. The van der Waals surface area contributed by atoms with Gasteiger partial charge >= 0.3 is 5.97 Å². The van der Waals surface area contributed by atoms with Crippen LogP contribution in [0.15, 0.2) is 11.4 Å². The lowest BCUT2D eigenvalue weighted by Gasteiger charge is -1.97. The Hall–Kier alpha value is -0.970. The first-order valence-electron chi connectivity index (χ1n) is 4.93. The van der Waals surface area contributed by atoms with E-state index in [9.17, 15) is 4.79 Å². The topological polar surface area (TPSA) is 55.1 Å². The van der Waals surface area contributed by atoms with Crippen molar-refractivity contribution in [3.8, 4) is 0 Å². The Morgan fingerprint density at radius 2 is 2.20 bits per heavy atom. The van der Waals surface area contributed by atoms with Crippen LogP contribution in [-0.2, 0) is 11.8 Å². The van der Waals surface area contributed by atoms with Crippen LogP contribution in [0.3, 0.4) is 0 Å². The zero-order chi connectivity index (χ0) is 11.8. The SMILES string of the molecule is CC.Cc1c(SCCC(=O)O)ncn1C. The van der Waals surface area contributed by atoms with Gasteiger partial charge in [0, 0.05) is 18.5 Å². The number of carboxylic acids is 1. The number of hydrogen-bond donors (Lipinski definition) is 1. The second kappa shape index (κ2) is 7.34. The minimum Gasteiger partial charge on any atom is -0.481 e. The van der Waals surface area contributed by atoms with E-state index in [-0.39, 0.29) is 6.42 Å². The predicted molar refractivity (Wildman–Crippen MR) is 62.3 cm³/mol. The first-order chi connectivity index (χ1) is 7.11. The Morgan fingerprint density at radius 1 is 1.60 bits per heavy atom. The van der Waals surface area contributed by atoms with E-state index in [0.717, 1.165) is 10.7 Å². The molecule has 0 unspecified atom stereocenters. The number of hydrogen-bond acceptors (Lipinski definition) is 3. The smallest absolute Gasteiger partial charge is 0.304 e. The molecule has 15 heavy (non-hydrogen) atoms. The first kappa shape index (κ1) is 14.0. The Bertz CT molecular complexity index is 310. The van der Waals surface area contributed by atoms with Gasteiger partial charge in [0.1, 0.15) is 5.03 Å². The van der Waals surface area contributed by atoms with E-state index >= 15 is 0 Å². The molecular formula is C10H18N2O2S.